The number of nitrogens with zero attached hydrogens (tertiary/aromatic N) is 1. The molecule has 2 aromatic heterocycles. The van der Waals surface area contributed by atoms with Crippen molar-refractivity contribution in [3.05, 3.63) is 40.1 Å². The van der Waals surface area contributed by atoms with Gasteiger partial charge in [-0.15, -0.1) is 11.3 Å². The van der Waals surface area contributed by atoms with Gasteiger partial charge in [0.25, 0.3) is 5.56 Å². The smallest absolute Gasteiger partial charge is 0.260 e. The van der Waals surface area contributed by atoms with Crippen LogP contribution in [0.25, 0.3) is 21.6 Å². The van der Waals surface area contributed by atoms with Crippen LogP contribution in [-0.2, 0) is 0 Å². The van der Waals surface area contributed by atoms with Crippen molar-refractivity contribution < 1.29 is 5.11 Å². The van der Waals surface area contributed by atoms with E-state index in [1.54, 1.807) is 0 Å². The maximum absolute atomic E-state index is 12.3. The van der Waals surface area contributed by atoms with Crippen molar-refractivity contribution in [2.24, 2.45) is 0 Å². The van der Waals surface area contributed by atoms with Crippen LogP contribution in [0, 0.1) is 21.0 Å². The molecule has 0 bridgehead atoms. The molecule has 2 N–H and O–H groups in total. The zero-order valence-electron chi connectivity index (χ0n) is 11.1. The number of hydrogen-bond acceptors (Lipinski definition) is 4. The molecule has 0 saturated heterocycles. The van der Waals surface area contributed by atoms with Gasteiger partial charge in [0, 0.05) is 8.45 Å². The lowest BCUT2D eigenvalue weighted by molar-refractivity contribution is 0.473. The van der Waals surface area contributed by atoms with E-state index in [1.807, 2.05) is 26.0 Å². The minimum absolute atomic E-state index is 0.142. The van der Waals surface area contributed by atoms with Gasteiger partial charge in [-0.05, 0) is 76.7 Å². The maximum atomic E-state index is 12.3. The Kier molecular flexibility index (Phi) is 3.99. The average Bonchev–Trinajstić information content (AvgIpc) is 2.69. The van der Waals surface area contributed by atoms with Gasteiger partial charge in [0.15, 0.2) is 0 Å². The molecular weight excluding hydrogens is 514 g/mol. The summed E-state index contributed by atoms with van der Waals surface area (Å²) in [7, 11) is 0. The van der Waals surface area contributed by atoms with Crippen LogP contribution >= 0.6 is 56.5 Å². The highest BCUT2D eigenvalue weighted by atomic mass is 127. The van der Waals surface area contributed by atoms with E-state index < -0.39 is 0 Å². The lowest BCUT2D eigenvalue weighted by Crippen LogP contribution is -2.09. The Morgan fingerprint density at radius 3 is 2.71 bits per heavy atom. The molecule has 0 unspecified atom stereocenters. The number of benzene rings is 1. The average molecular weight is 524 g/mol. The standard InChI is InChI=1S/C14H10I2N2O2S/c1-5-6(2)21-14-10(5)13(20)17-12(18-14)8-3-7(15)4-9(16)11(8)19/h3-4,19H,1-2H3,(H,17,18,20). The summed E-state index contributed by atoms with van der Waals surface area (Å²) >= 11 is 5.74. The number of aromatic hydroxyl groups is 1. The Morgan fingerprint density at radius 2 is 2.00 bits per heavy atom. The molecule has 0 amide bonds. The van der Waals surface area contributed by atoms with Gasteiger partial charge in [-0.2, -0.15) is 0 Å². The van der Waals surface area contributed by atoms with Crippen molar-refractivity contribution in [1.29, 1.82) is 0 Å². The molecule has 0 aliphatic rings. The second kappa shape index (κ2) is 5.51. The Morgan fingerprint density at radius 1 is 1.29 bits per heavy atom. The number of hydrogen-bond donors (Lipinski definition) is 2. The molecule has 3 aromatic rings. The van der Waals surface area contributed by atoms with Crippen LogP contribution in [0.15, 0.2) is 16.9 Å². The molecule has 2 heterocycles. The number of aromatic amines is 1. The number of nitrogens with one attached hydrogen (secondary N) is 1. The van der Waals surface area contributed by atoms with Crippen LogP contribution < -0.4 is 5.56 Å². The van der Waals surface area contributed by atoms with Gasteiger partial charge in [0.1, 0.15) is 16.4 Å². The number of H-pyrrole nitrogens is 1. The summed E-state index contributed by atoms with van der Waals surface area (Å²) < 4.78 is 1.71. The molecule has 21 heavy (non-hydrogen) atoms. The van der Waals surface area contributed by atoms with E-state index in [0.29, 0.717) is 21.6 Å². The number of aromatic nitrogens is 2. The van der Waals surface area contributed by atoms with Gasteiger partial charge >= 0.3 is 0 Å². The van der Waals surface area contributed by atoms with Crippen LogP contribution in [-0.4, -0.2) is 15.1 Å². The molecule has 0 saturated carbocycles. The molecular formula is C14H10I2N2O2S. The Balaban J connectivity index is 2.35. The van der Waals surface area contributed by atoms with E-state index in [9.17, 15) is 9.90 Å². The topological polar surface area (TPSA) is 66.0 Å². The highest BCUT2D eigenvalue weighted by Gasteiger charge is 2.16. The third kappa shape index (κ3) is 2.59. The first-order valence-corrected chi connectivity index (χ1v) is 9.04. The highest BCUT2D eigenvalue weighted by Crippen LogP contribution is 2.34. The summed E-state index contributed by atoms with van der Waals surface area (Å²) in [4.78, 5) is 21.4. The molecule has 7 heteroatoms. The summed E-state index contributed by atoms with van der Waals surface area (Å²) in [6.45, 7) is 3.91. The Bertz CT molecular complexity index is 931. The van der Waals surface area contributed by atoms with Crippen LogP contribution in [0.1, 0.15) is 10.4 Å². The number of fused-ring (bicyclic) bond motifs is 1. The van der Waals surface area contributed by atoms with E-state index >= 15 is 0 Å². The number of phenols is 1. The lowest BCUT2D eigenvalue weighted by atomic mass is 10.2. The number of halogens is 2. The summed E-state index contributed by atoms with van der Waals surface area (Å²) in [5.74, 6) is 0.547. The lowest BCUT2D eigenvalue weighted by Gasteiger charge is -2.07. The SMILES string of the molecule is Cc1sc2nc(-c3cc(I)cc(I)c3O)[nH]c(=O)c2c1C. The highest BCUT2D eigenvalue weighted by molar-refractivity contribution is 14.1. The molecule has 0 radical (unpaired) electrons. The monoisotopic (exact) mass is 524 g/mol. The normalized spacial score (nSPS) is 11.2. The van der Waals surface area contributed by atoms with Gasteiger partial charge in [0.05, 0.1) is 14.5 Å². The number of rotatable bonds is 1. The minimum Gasteiger partial charge on any atom is -0.506 e. The van der Waals surface area contributed by atoms with Crippen LogP contribution in [0.5, 0.6) is 5.75 Å². The fourth-order valence-corrected chi connectivity index (χ4v) is 5.00. The fraction of sp³-hybridized carbons (Fsp3) is 0.143. The molecule has 4 nitrogen and oxygen atoms in total. The van der Waals surface area contributed by atoms with Crippen molar-refractivity contribution in [3.63, 3.8) is 0 Å². The number of aryl methyl sites for hydroxylation is 2. The maximum Gasteiger partial charge on any atom is 0.260 e. The van der Waals surface area contributed by atoms with E-state index in [1.165, 1.54) is 11.3 Å². The molecule has 0 aliphatic heterocycles. The molecule has 108 valence electrons. The molecule has 0 aliphatic carbocycles. The predicted octanol–water partition coefficient (Wildman–Crippen LogP) is 4.18. The molecule has 1 aromatic carbocycles. The first-order chi connectivity index (χ1) is 9.88. The first-order valence-electron chi connectivity index (χ1n) is 6.07. The second-order valence-electron chi connectivity index (χ2n) is 4.66. The van der Waals surface area contributed by atoms with Gasteiger partial charge in [0.2, 0.25) is 0 Å². The van der Waals surface area contributed by atoms with Crippen LogP contribution in [0.4, 0.5) is 0 Å². The Labute approximate surface area is 151 Å². The summed E-state index contributed by atoms with van der Waals surface area (Å²) in [5, 5.41) is 10.9. The van der Waals surface area contributed by atoms with Gasteiger partial charge < -0.3 is 10.1 Å². The number of thiophene rings is 1. The van der Waals surface area contributed by atoms with Gasteiger partial charge in [-0.1, -0.05) is 0 Å². The zero-order chi connectivity index (χ0) is 15.3. The van der Waals surface area contributed by atoms with E-state index in [-0.39, 0.29) is 11.3 Å². The first kappa shape index (κ1) is 15.2. The fourth-order valence-electron chi connectivity index (χ4n) is 2.13. The molecule has 0 spiro atoms. The Hall–Kier alpha value is -0.680. The van der Waals surface area contributed by atoms with Crippen molar-refractivity contribution in [2.75, 3.05) is 0 Å². The molecule has 3 rings (SSSR count). The molecule has 0 fully saturated rings. The van der Waals surface area contributed by atoms with Crippen molar-refractivity contribution in [1.82, 2.24) is 9.97 Å². The van der Waals surface area contributed by atoms with Crippen LogP contribution in [0.2, 0.25) is 0 Å². The van der Waals surface area contributed by atoms with E-state index in [4.69, 9.17) is 0 Å². The summed E-state index contributed by atoms with van der Waals surface area (Å²) in [5.41, 5.74) is 1.36. The van der Waals surface area contributed by atoms with Crippen molar-refractivity contribution in [3.8, 4) is 17.1 Å². The van der Waals surface area contributed by atoms with E-state index in [0.717, 1.165) is 17.6 Å². The summed E-state index contributed by atoms with van der Waals surface area (Å²) in [6.07, 6.45) is 0. The second-order valence-corrected chi connectivity index (χ2v) is 8.27. The van der Waals surface area contributed by atoms with Gasteiger partial charge in [-0.25, -0.2) is 4.98 Å². The quantitative estimate of drug-likeness (QED) is 0.470. The van der Waals surface area contributed by atoms with Crippen LogP contribution in [0.3, 0.4) is 0 Å². The predicted molar refractivity (Wildman–Crippen MR) is 102 cm³/mol. The van der Waals surface area contributed by atoms with Crippen molar-refractivity contribution >= 4 is 66.7 Å². The summed E-state index contributed by atoms with van der Waals surface area (Å²) in [6, 6.07) is 3.69. The number of phenolic OH excluding ortho intramolecular Hbond substituents is 1. The third-order valence-electron chi connectivity index (χ3n) is 3.32. The van der Waals surface area contributed by atoms with Gasteiger partial charge in [-0.3, -0.25) is 4.79 Å². The molecule has 0 atom stereocenters. The third-order valence-corrected chi connectivity index (χ3v) is 5.87. The van der Waals surface area contributed by atoms with E-state index in [2.05, 4.69) is 55.1 Å². The minimum atomic E-state index is -0.162. The van der Waals surface area contributed by atoms with Crippen molar-refractivity contribution in [2.45, 2.75) is 13.8 Å². The largest absolute Gasteiger partial charge is 0.506 e. The zero-order valence-corrected chi connectivity index (χ0v) is 16.3.